The lowest BCUT2D eigenvalue weighted by Gasteiger charge is -2.32. The number of aliphatic hydroxyl groups is 1. The van der Waals surface area contributed by atoms with Gasteiger partial charge in [0.05, 0.1) is 23.3 Å². The zero-order chi connectivity index (χ0) is 22.5. The average molecular weight is 433 g/mol. The first-order chi connectivity index (χ1) is 15.6. The number of fused-ring (bicyclic) bond motifs is 1. The number of carbonyl (C=O) groups is 1. The van der Waals surface area contributed by atoms with Crippen LogP contribution in [0.2, 0.25) is 0 Å². The Hall–Kier alpha value is -3.29. The normalized spacial score (nSPS) is 17.2. The molecule has 1 unspecified atom stereocenters. The molecule has 0 saturated carbocycles. The average Bonchev–Trinajstić information content (AvgIpc) is 3.25. The van der Waals surface area contributed by atoms with Crippen LogP contribution in [0.15, 0.2) is 65.8 Å². The molecular weight excluding hydrogens is 404 g/mol. The molecule has 166 valence electrons. The molecule has 4 rings (SSSR count). The molecule has 1 amide bonds. The summed E-state index contributed by atoms with van der Waals surface area (Å²) in [7, 11) is 1.81. The molecule has 0 radical (unpaired) electrons. The Morgan fingerprint density at radius 1 is 1.28 bits per heavy atom. The largest absolute Gasteiger partial charge is 0.483 e. The highest BCUT2D eigenvalue weighted by Gasteiger charge is 2.28. The van der Waals surface area contributed by atoms with Crippen molar-refractivity contribution in [2.75, 3.05) is 33.3 Å². The molecule has 1 fully saturated rings. The predicted octanol–water partition coefficient (Wildman–Crippen LogP) is 3.21. The van der Waals surface area contributed by atoms with E-state index in [9.17, 15) is 9.90 Å². The van der Waals surface area contributed by atoms with E-state index in [1.807, 2.05) is 42.5 Å². The van der Waals surface area contributed by atoms with Crippen LogP contribution in [-0.2, 0) is 4.79 Å². The van der Waals surface area contributed by atoms with Gasteiger partial charge in [0.1, 0.15) is 5.75 Å². The van der Waals surface area contributed by atoms with E-state index in [1.165, 1.54) is 0 Å². The van der Waals surface area contributed by atoms with Gasteiger partial charge in [-0.15, -0.1) is 0 Å². The Morgan fingerprint density at radius 3 is 2.81 bits per heavy atom. The fourth-order valence-corrected chi connectivity index (χ4v) is 4.15. The summed E-state index contributed by atoms with van der Waals surface area (Å²) in [6.45, 7) is 5.62. The number of ether oxygens (including phenoxy) is 1. The number of nitrogens with zero attached hydrogens (tertiary/aromatic N) is 4. The van der Waals surface area contributed by atoms with Crippen molar-refractivity contribution in [3.63, 3.8) is 0 Å². The molecule has 7 heteroatoms. The first-order valence-corrected chi connectivity index (χ1v) is 10.7. The van der Waals surface area contributed by atoms with Crippen LogP contribution in [0.5, 0.6) is 5.75 Å². The fourth-order valence-electron chi connectivity index (χ4n) is 4.15. The molecule has 2 atom stereocenters. The summed E-state index contributed by atoms with van der Waals surface area (Å²) in [6.07, 6.45) is 2.16. The Bertz CT molecular complexity index is 1090. The number of rotatable bonds is 8. The molecular formula is C25H28N4O3. The summed E-state index contributed by atoms with van der Waals surface area (Å²) in [5.74, 6) is 0.461. The highest BCUT2D eigenvalue weighted by atomic mass is 16.5. The minimum Gasteiger partial charge on any atom is -0.483 e. The van der Waals surface area contributed by atoms with Gasteiger partial charge in [0.25, 0.3) is 5.91 Å². The number of benzene rings is 2. The maximum atomic E-state index is 13.1. The van der Waals surface area contributed by atoms with Gasteiger partial charge in [-0.25, -0.2) is 0 Å². The Labute approximate surface area is 188 Å². The number of aliphatic imine (C=N–C) groups is 1. The quantitative estimate of drug-likeness (QED) is 0.553. The lowest BCUT2D eigenvalue weighted by molar-refractivity contribution is -0.134. The van der Waals surface area contributed by atoms with E-state index in [-0.39, 0.29) is 24.7 Å². The number of carbonyl (C=O) groups excluding carboxylic acids is 1. The second kappa shape index (κ2) is 9.89. The van der Waals surface area contributed by atoms with E-state index in [0.29, 0.717) is 30.0 Å². The molecule has 1 aromatic heterocycles. The van der Waals surface area contributed by atoms with Crippen LogP contribution in [0.3, 0.4) is 0 Å². The SMILES string of the molecule is C=Nc1ccc(OCC(=O)N(C)C(CN2CC[C@H](O)C2)c2ccccc2)c2cccnc12. The van der Waals surface area contributed by atoms with Crippen LogP contribution in [0.25, 0.3) is 10.9 Å². The van der Waals surface area contributed by atoms with E-state index in [2.05, 4.69) is 21.6 Å². The second-order valence-electron chi connectivity index (χ2n) is 8.06. The number of pyridine rings is 1. The van der Waals surface area contributed by atoms with E-state index in [1.54, 1.807) is 30.3 Å². The summed E-state index contributed by atoms with van der Waals surface area (Å²) < 4.78 is 5.93. The van der Waals surface area contributed by atoms with E-state index < -0.39 is 0 Å². The Balaban J connectivity index is 1.50. The number of likely N-dealkylation sites (tertiary alicyclic amines) is 1. The maximum absolute atomic E-state index is 13.1. The van der Waals surface area contributed by atoms with Crippen LogP contribution in [0.4, 0.5) is 5.69 Å². The third-order valence-electron chi connectivity index (χ3n) is 5.95. The van der Waals surface area contributed by atoms with Crippen LogP contribution in [0, 0.1) is 0 Å². The topological polar surface area (TPSA) is 78.3 Å². The van der Waals surface area contributed by atoms with Gasteiger partial charge in [-0.1, -0.05) is 30.3 Å². The zero-order valence-corrected chi connectivity index (χ0v) is 18.2. The van der Waals surface area contributed by atoms with Crippen molar-refractivity contribution in [3.05, 3.63) is 66.4 Å². The van der Waals surface area contributed by atoms with Crippen molar-refractivity contribution >= 4 is 29.2 Å². The number of likely N-dealkylation sites (N-methyl/N-ethyl adjacent to an activating group) is 1. The standard InChI is InChI=1S/C25H28N4O3/c1-26-21-10-11-23(20-9-6-13-27-25(20)21)32-17-24(31)28(2)22(18-7-4-3-5-8-18)16-29-14-12-19(30)15-29/h3-11,13,19,22,30H,1,12,14-17H2,2H3/t19-,22?/m0/s1. The van der Waals surface area contributed by atoms with Crippen LogP contribution >= 0.6 is 0 Å². The van der Waals surface area contributed by atoms with E-state index in [0.717, 1.165) is 23.9 Å². The van der Waals surface area contributed by atoms with E-state index in [4.69, 9.17) is 4.74 Å². The fraction of sp³-hybridized carbons (Fsp3) is 0.320. The molecule has 7 nitrogen and oxygen atoms in total. The number of aliphatic hydroxyl groups excluding tert-OH is 1. The van der Waals surface area contributed by atoms with Gasteiger partial charge in [-0.3, -0.25) is 19.7 Å². The molecule has 2 heterocycles. The Morgan fingerprint density at radius 2 is 2.09 bits per heavy atom. The summed E-state index contributed by atoms with van der Waals surface area (Å²) >= 11 is 0. The summed E-state index contributed by atoms with van der Waals surface area (Å²) in [4.78, 5) is 25.4. The van der Waals surface area contributed by atoms with Crippen molar-refractivity contribution in [3.8, 4) is 5.75 Å². The highest BCUT2D eigenvalue weighted by molar-refractivity contribution is 5.94. The molecule has 3 aromatic rings. The first-order valence-electron chi connectivity index (χ1n) is 10.7. The molecule has 0 spiro atoms. The van der Waals surface area contributed by atoms with Gasteiger partial charge >= 0.3 is 0 Å². The van der Waals surface area contributed by atoms with Crippen molar-refractivity contribution in [1.29, 1.82) is 0 Å². The predicted molar refractivity (Wildman–Crippen MR) is 125 cm³/mol. The number of aromatic nitrogens is 1. The second-order valence-corrected chi connectivity index (χ2v) is 8.06. The van der Waals surface area contributed by atoms with E-state index >= 15 is 0 Å². The molecule has 0 aliphatic carbocycles. The smallest absolute Gasteiger partial charge is 0.260 e. The third kappa shape index (κ3) is 4.79. The van der Waals surface area contributed by atoms with Gasteiger partial charge < -0.3 is 14.7 Å². The molecule has 1 saturated heterocycles. The minimum absolute atomic E-state index is 0.0900. The van der Waals surface area contributed by atoms with Gasteiger partial charge in [0, 0.05) is 38.3 Å². The zero-order valence-electron chi connectivity index (χ0n) is 18.2. The minimum atomic E-state index is -0.300. The number of hydrogen-bond acceptors (Lipinski definition) is 6. The molecule has 0 bridgehead atoms. The van der Waals surface area contributed by atoms with Crippen molar-refractivity contribution in [2.24, 2.45) is 4.99 Å². The maximum Gasteiger partial charge on any atom is 0.260 e. The van der Waals surface area contributed by atoms with Gasteiger partial charge in [-0.2, -0.15) is 0 Å². The highest BCUT2D eigenvalue weighted by Crippen LogP contribution is 2.31. The van der Waals surface area contributed by atoms with Gasteiger partial charge in [0.15, 0.2) is 6.61 Å². The molecule has 32 heavy (non-hydrogen) atoms. The monoisotopic (exact) mass is 432 g/mol. The van der Waals surface area contributed by atoms with Gasteiger partial charge in [-0.05, 0) is 43.0 Å². The van der Waals surface area contributed by atoms with Crippen molar-refractivity contribution in [2.45, 2.75) is 18.6 Å². The molecule has 1 N–H and O–H groups in total. The summed E-state index contributed by atoms with van der Waals surface area (Å²) in [5, 5.41) is 10.7. The molecule has 1 aliphatic heterocycles. The lowest BCUT2D eigenvalue weighted by Crippen LogP contribution is -2.40. The number of amides is 1. The lowest BCUT2D eigenvalue weighted by atomic mass is 10.0. The Kier molecular flexibility index (Phi) is 6.78. The summed E-state index contributed by atoms with van der Waals surface area (Å²) in [5.41, 5.74) is 2.42. The van der Waals surface area contributed by atoms with Crippen molar-refractivity contribution in [1.82, 2.24) is 14.8 Å². The number of β-amino-alcohol motifs (C(OH)–C–C–N with tert-alkyl or cyclic N) is 1. The summed E-state index contributed by atoms with van der Waals surface area (Å²) in [6, 6.07) is 17.1. The van der Waals surface area contributed by atoms with Crippen molar-refractivity contribution < 1.29 is 14.6 Å². The molecule has 1 aliphatic rings. The van der Waals surface area contributed by atoms with Gasteiger partial charge in [0.2, 0.25) is 0 Å². The van der Waals surface area contributed by atoms with Crippen LogP contribution < -0.4 is 4.74 Å². The third-order valence-corrected chi connectivity index (χ3v) is 5.95. The van der Waals surface area contributed by atoms with Crippen LogP contribution in [-0.4, -0.2) is 71.9 Å². The number of hydrogen-bond donors (Lipinski definition) is 1. The molecule has 2 aromatic carbocycles. The van der Waals surface area contributed by atoms with Crippen LogP contribution in [0.1, 0.15) is 18.0 Å². The first kappa shape index (κ1) is 21.9.